The number of hydrogen-bond donors (Lipinski definition) is 0. The van der Waals surface area contributed by atoms with Gasteiger partial charge >= 0.3 is 0 Å². The van der Waals surface area contributed by atoms with Gasteiger partial charge in [0.15, 0.2) is 0 Å². The van der Waals surface area contributed by atoms with Gasteiger partial charge in [0.1, 0.15) is 0 Å². The summed E-state index contributed by atoms with van der Waals surface area (Å²) in [5.74, 6) is 0. The zero-order valence-electron chi connectivity index (χ0n) is 34.5. The Hall–Kier alpha value is -8.47. The van der Waals surface area contributed by atoms with Crippen LogP contribution in [0.3, 0.4) is 0 Å². The van der Waals surface area contributed by atoms with E-state index in [-0.39, 0.29) is 0 Å². The van der Waals surface area contributed by atoms with Crippen LogP contribution >= 0.6 is 0 Å². The van der Waals surface area contributed by atoms with Crippen LogP contribution in [0.4, 0.5) is 34.1 Å². The minimum Gasteiger partial charge on any atom is -0.310 e. The zero-order chi connectivity index (χ0) is 42.0. The molecular weight excluding hydrogens is 765 g/mol. The van der Waals surface area contributed by atoms with E-state index in [1.165, 1.54) is 16.7 Å². The SMILES string of the molecule is c1ccc(-c2ccccc2-c2ccnc(-c3ccc(-n4c5ccc(N(c6ccccc6)c6ccccc6)cc5c5cc(N(c6ccccc6)c6ccccc6)ccc54)cc3)c2)cc1. The van der Waals surface area contributed by atoms with Gasteiger partial charge in [-0.2, -0.15) is 0 Å². The van der Waals surface area contributed by atoms with Crippen LogP contribution < -0.4 is 9.80 Å². The molecule has 0 saturated heterocycles. The van der Waals surface area contributed by atoms with Crippen molar-refractivity contribution >= 4 is 55.9 Å². The Bertz CT molecular complexity index is 3090. The fourth-order valence-electron chi connectivity index (χ4n) is 8.90. The van der Waals surface area contributed by atoms with Gasteiger partial charge < -0.3 is 14.4 Å². The van der Waals surface area contributed by atoms with Crippen molar-refractivity contribution in [2.75, 3.05) is 9.80 Å². The molecule has 11 aromatic rings. The molecule has 4 heteroatoms. The van der Waals surface area contributed by atoms with E-state index < -0.39 is 0 Å². The van der Waals surface area contributed by atoms with Gasteiger partial charge in [-0.25, -0.2) is 0 Å². The van der Waals surface area contributed by atoms with E-state index in [0.717, 1.165) is 78.4 Å². The van der Waals surface area contributed by atoms with Crippen LogP contribution in [0.5, 0.6) is 0 Å². The molecule has 11 rings (SSSR count). The Labute approximate surface area is 367 Å². The molecule has 298 valence electrons. The third-order valence-electron chi connectivity index (χ3n) is 11.8. The number of nitrogens with zero attached hydrogens (tertiary/aromatic N) is 4. The lowest BCUT2D eigenvalue weighted by atomic mass is 9.94. The van der Waals surface area contributed by atoms with Crippen molar-refractivity contribution in [1.29, 1.82) is 0 Å². The van der Waals surface area contributed by atoms with Crippen molar-refractivity contribution in [1.82, 2.24) is 9.55 Å². The molecule has 0 aliphatic heterocycles. The van der Waals surface area contributed by atoms with Gasteiger partial charge in [0.05, 0.1) is 16.7 Å². The summed E-state index contributed by atoms with van der Waals surface area (Å²) in [6.45, 7) is 0. The summed E-state index contributed by atoms with van der Waals surface area (Å²) in [5, 5.41) is 2.33. The van der Waals surface area contributed by atoms with Crippen LogP contribution in [0.15, 0.2) is 255 Å². The van der Waals surface area contributed by atoms with Gasteiger partial charge in [0.2, 0.25) is 0 Å². The predicted octanol–water partition coefficient (Wildman–Crippen LogP) is 16.1. The third kappa shape index (κ3) is 7.20. The summed E-state index contributed by atoms with van der Waals surface area (Å²) in [4.78, 5) is 9.53. The number of pyridine rings is 1. The van der Waals surface area contributed by atoms with Crippen LogP contribution in [0, 0.1) is 0 Å². The predicted molar refractivity (Wildman–Crippen MR) is 264 cm³/mol. The molecule has 2 heterocycles. The summed E-state index contributed by atoms with van der Waals surface area (Å²) in [6, 6.07) is 88.5. The van der Waals surface area contributed by atoms with Crippen molar-refractivity contribution in [2.45, 2.75) is 0 Å². The van der Waals surface area contributed by atoms with Gasteiger partial charge in [0.25, 0.3) is 0 Å². The first kappa shape index (κ1) is 37.5. The van der Waals surface area contributed by atoms with Gasteiger partial charge in [-0.1, -0.05) is 140 Å². The van der Waals surface area contributed by atoms with Crippen molar-refractivity contribution in [3.05, 3.63) is 255 Å². The Morgan fingerprint density at radius 1 is 0.302 bits per heavy atom. The fraction of sp³-hybridized carbons (Fsp3) is 0. The van der Waals surface area contributed by atoms with E-state index in [4.69, 9.17) is 4.98 Å². The highest BCUT2D eigenvalue weighted by Gasteiger charge is 2.20. The third-order valence-corrected chi connectivity index (χ3v) is 11.8. The summed E-state index contributed by atoms with van der Waals surface area (Å²) in [5.41, 5.74) is 16.6. The van der Waals surface area contributed by atoms with E-state index in [2.05, 4.69) is 263 Å². The van der Waals surface area contributed by atoms with Gasteiger partial charge in [-0.3, -0.25) is 4.98 Å². The lowest BCUT2D eigenvalue weighted by molar-refractivity contribution is 1.18. The molecule has 0 aliphatic rings. The molecule has 0 radical (unpaired) electrons. The number of anilines is 6. The van der Waals surface area contributed by atoms with Crippen LogP contribution in [0.1, 0.15) is 0 Å². The second kappa shape index (κ2) is 16.5. The smallest absolute Gasteiger partial charge is 0.0708 e. The molecule has 0 amide bonds. The topological polar surface area (TPSA) is 24.3 Å². The number of rotatable bonds is 10. The highest BCUT2D eigenvalue weighted by Crippen LogP contribution is 2.43. The van der Waals surface area contributed by atoms with E-state index >= 15 is 0 Å². The van der Waals surface area contributed by atoms with Crippen molar-refractivity contribution in [3.63, 3.8) is 0 Å². The molecule has 0 spiro atoms. The molecule has 0 atom stereocenters. The second-order valence-electron chi connectivity index (χ2n) is 15.6. The van der Waals surface area contributed by atoms with Crippen LogP contribution in [0.25, 0.3) is 61.0 Å². The first-order valence-corrected chi connectivity index (χ1v) is 21.4. The van der Waals surface area contributed by atoms with Gasteiger partial charge in [0, 0.05) is 62.3 Å². The lowest BCUT2D eigenvalue weighted by Gasteiger charge is -2.26. The second-order valence-corrected chi connectivity index (χ2v) is 15.6. The average Bonchev–Trinajstić information content (AvgIpc) is 3.69. The van der Waals surface area contributed by atoms with E-state index in [9.17, 15) is 0 Å². The van der Waals surface area contributed by atoms with Crippen LogP contribution in [-0.2, 0) is 0 Å². The van der Waals surface area contributed by atoms with Crippen molar-refractivity contribution in [2.24, 2.45) is 0 Å². The van der Waals surface area contributed by atoms with Gasteiger partial charge in [-0.15, -0.1) is 0 Å². The molecule has 4 nitrogen and oxygen atoms in total. The number of para-hydroxylation sites is 4. The fourth-order valence-corrected chi connectivity index (χ4v) is 8.90. The molecule has 9 aromatic carbocycles. The summed E-state index contributed by atoms with van der Waals surface area (Å²) in [6.07, 6.45) is 1.92. The standard InChI is InChI=1S/C59H42N4/c1-6-18-43(19-7-1)53-28-16-17-29-54(53)45-38-39-60-57(40-45)44-30-32-50(33-31-44)63-58-36-34-51(61(46-20-8-2-9-21-46)47-22-10-3-11-23-47)41-55(58)56-42-52(35-37-59(56)63)62(48-24-12-4-13-25-48)49-26-14-5-15-27-49/h1-42H. The number of aromatic nitrogens is 2. The summed E-state index contributed by atoms with van der Waals surface area (Å²) in [7, 11) is 0. The molecule has 63 heavy (non-hydrogen) atoms. The van der Waals surface area contributed by atoms with Crippen LogP contribution in [0.2, 0.25) is 0 Å². The molecular formula is C59H42N4. The average molecular weight is 807 g/mol. The number of benzene rings is 9. The first-order valence-electron chi connectivity index (χ1n) is 21.4. The quantitative estimate of drug-likeness (QED) is 0.138. The minimum atomic E-state index is 0.933. The summed E-state index contributed by atoms with van der Waals surface area (Å²) < 4.78 is 2.40. The van der Waals surface area contributed by atoms with E-state index in [1.807, 2.05) is 6.20 Å². The normalized spacial score (nSPS) is 11.2. The number of fused-ring (bicyclic) bond motifs is 3. The highest BCUT2D eigenvalue weighted by molar-refractivity contribution is 6.12. The Morgan fingerprint density at radius 2 is 0.714 bits per heavy atom. The number of hydrogen-bond acceptors (Lipinski definition) is 3. The molecule has 0 aliphatic carbocycles. The Balaban J connectivity index is 1.06. The first-order chi connectivity index (χ1) is 31.3. The molecule has 0 unspecified atom stereocenters. The maximum Gasteiger partial charge on any atom is 0.0708 e. The molecule has 0 saturated carbocycles. The summed E-state index contributed by atoms with van der Waals surface area (Å²) >= 11 is 0. The molecule has 0 N–H and O–H groups in total. The van der Waals surface area contributed by atoms with E-state index in [0.29, 0.717) is 0 Å². The van der Waals surface area contributed by atoms with Crippen LogP contribution in [-0.4, -0.2) is 9.55 Å². The molecule has 0 bridgehead atoms. The maximum absolute atomic E-state index is 4.87. The minimum absolute atomic E-state index is 0.933. The zero-order valence-corrected chi connectivity index (χ0v) is 34.5. The molecule has 2 aromatic heterocycles. The van der Waals surface area contributed by atoms with Crippen molar-refractivity contribution < 1.29 is 0 Å². The monoisotopic (exact) mass is 806 g/mol. The van der Waals surface area contributed by atoms with Crippen molar-refractivity contribution in [3.8, 4) is 39.2 Å². The molecule has 0 fully saturated rings. The van der Waals surface area contributed by atoms with Gasteiger partial charge in [-0.05, 0) is 131 Å². The Kier molecular flexibility index (Phi) is 9.85. The lowest BCUT2D eigenvalue weighted by Crippen LogP contribution is -2.09. The Morgan fingerprint density at radius 3 is 1.17 bits per heavy atom. The highest BCUT2D eigenvalue weighted by atomic mass is 15.1. The van der Waals surface area contributed by atoms with E-state index in [1.54, 1.807) is 0 Å². The largest absolute Gasteiger partial charge is 0.310 e. The maximum atomic E-state index is 4.87.